The summed E-state index contributed by atoms with van der Waals surface area (Å²) in [4.78, 5) is 18.2. The number of rotatable bonds is 3. The predicted molar refractivity (Wildman–Crippen MR) is 68.1 cm³/mol. The van der Waals surface area contributed by atoms with Crippen LogP contribution in [-0.4, -0.2) is 46.9 Å². The second-order valence-electron chi connectivity index (χ2n) is 3.57. The second-order valence-corrected chi connectivity index (χ2v) is 5.74. The van der Waals surface area contributed by atoms with Crippen LogP contribution in [0.5, 0.6) is 0 Å². The SMILES string of the molecule is NCCc1nc(C(=O)N2CCSCC2)cs1. The minimum atomic E-state index is 0.0693. The van der Waals surface area contributed by atoms with Gasteiger partial charge in [0.25, 0.3) is 5.91 Å². The van der Waals surface area contributed by atoms with Gasteiger partial charge >= 0.3 is 0 Å². The third-order valence-electron chi connectivity index (χ3n) is 2.43. The average Bonchev–Trinajstić information content (AvgIpc) is 2.78. The highest BCUT2D eigenvalue weighted by Crippen LogP contribution is 2.15. The number of nitrogens with two attached hydrogens (primary N) is 1. The van der Waals surface area contributed by atoms with Gasteiger partial charge in [0.05, 0.1) is 5.01 Å². The van der Waals surface area contributed by atoms with Crippen LogP contribution in [0, 0.1) is 0 Å². The maximum atomic E-state index is 12.0. The molecule has 2 rings (SSSR count). The van der Waals surface area contributed by atoms with Gasteiger partial charge in [-0.05, 0) is 6.54 Å². The lowest BCUT2D eigenvalue weighted by Gasteiger charge is -2.25. The topological polar surface area (TPSA) is 59.2 Å². The van der Waals surface area contributed by atoms with Crippen molar-refractivity contribution in [2.75, 3.05) is 31.1 Å². The molecule has 1 aliphatic heterocycles. The summed E-state index contributed by atoms with van der Waals surface area (Å²) < 4.78 is 0. The number of carbonyl (C=O) groups excluding carboxylic acids is 1. The Morgan fingerprint density at radius 3 is 2.94 bits per heavy atom. The number of aromatic nitrogens is 1. The van der Waals surface area contributed by atoms with Crippen LogP contribution < -0.4 is 5.73 Å². The normalized spacial score (nSPS) is 16.4. The first-order valence-electron chi connectivity index (χ1n) is 5.33. The maximum absolute atomic E-state index is 12.0. The average molecular weight is 257 g/mol. The van der Waals surface area contributed by atoms with E-state index in [1.807, 2.05) is 22.0 Å². The molecular formula is C10H15N3OS2. The summed E-state index contributed by atoms with van der Waals surface area (Å²) in [5, 5.41) is 2.80. The molecule has 0 aromatic carbocycles. The van der Waals surface area contributed by atoms with E-state index in [1.165, 1.54) is 11.3 Å². The standard InChI is InChI=1S/C10H15N3OS2/c11-2-1-9-12-8(7-16-9)10(14)13-3-5-15-6-4-13/h7H,1-6,11H2. The summed E-state index contributed by atoms with van der Waals surface area (Å²) in [7, 11) is 0. The molecule has 1 aromatic heterocycles. The molecule has 88 valence electrons. The quantitative estimate of drug-likeness (QED) is 0.871. The predicted octanol–water partition coefficient (Wildman–Crippen LogP) is 0.833. The van der Waals surface area contributed by atoms with Gasteiger partial charge in [0.2, 0.25) is 0 Å². The number of hydrogen-bond donors (Lipinski definition) is 1. The van der Waals surface area contributed by atoms with Crippen LogP contribution in [0.15, 0.2) is 5.38 Å². The van der Waals surface area contributed by atoms with Crippen LogP contribution in [0.3, 0.4) is 0 Å². The zero-order valence-corrected chi connectivity index (χ0v) is 10.6. The van der Waals surface area contributed by atoms with E-state index >= 15 is 0 Å². The Labute approximate surface area is 103 Å². The van der Waals surface area contributed by atoms with Gasteiger partial charge in [-0.15, -0.1) is 11.3 Å². The van der Waals surface area contributed by atoms with Crippen molar-refractivity contribution in [3.8, 4) is 0 Å². The molecule has 1 saturated heterocycles. The lowest BCUT2D eigenvalue weighted by atomic mass is 10.3. The van der Waals surface area contributed by atoms with Crippen molar-refractivity contribution >= 4 is 29.0 Å². The van der Waals surface area contributed by atoms with Gasteiger partial charge in [-0.3, -0.25) is 4.79 Å². The van der Waals surface area contributed by atoms with E-state index in [-0.39, 0.29) is 5.91 Å². The number of nitrogens with zero attached hydrogens (tertiary/aromatic N) is 2. The Balaban J connectivity index is 2.01. The van der Waals surface area contributed by atoms with Crippen molar-refractivity contribution in [3.63, 3.8) is 0 Å². The fourth-order valence-corrected chi connectivity index (χ4v) is 3.27. The molecule has 0 atom stereocenters. The van der Waals surface area contributed by atoms with Crippen LogP contribution in [0.25, 0.3) is 0 Å². The Bertz CT molecular complexity index is 361. The fourth-order valence-electron chi connectivity index (χ4n) is 1.58. The van der Waals surface area contributed by atoms with Gasteiger partial charge < -0.3 is 10.6 Å². The van der Waals surface area contributed by atoms with E-state index < -0.39 is 0 Å². The molecule has 0 unspecified atom stereocenters. The summed E-state index contributed by atoms with van der Waals surface area (Å²) in [5.41, 5.74) is 6.04. The molecule has 2 N–H and O–H groups in total. The summed E-state index contributed by atoms with van der Waals surface area (Å²) in [5.74, 6) is 2.14. The molecule has 6 heteroatoms. The number of carbonyl (C=O) groups is 1. The molecule has 1 fully saturated rings. The lowest BCUT2D eigenvalue weighted by molar-refractivity contribution is 0.0767. The van der Waals surface area contributed by atoms with Crippen LogP contribution in [0.1, 0.15) is 15.5 Å². The third kappa shape index (κ3) is 2.75. The molecule has 0 aliphatic carbocycles. The molecular weight excluding hydrogens is 242 g/mol. The van der Waals surface area contributed by atoms with Crippen molar-refractivity contribution in [1.82, 2.24) is 9.88 Å². The molecule has 0 radical (unpaired) electrons. The zero-order chi connectivity index (χ0) is 11.4. The van der Waals surface area contributed by atoms with E-state index in [2.05, 4.69) is 4.98 Å². The molecule has 1 aromatic rings. The van der Waals surface area contributed by atoms with E-state index in [0.717, 1.165) is 36.0 Å². The molecule has 4 nitrogen and oxygen atoms in total. The first-order chi connectivity index (χ1) is 7.81. The Morgan fingerprint density at radius 2 is 2.25 bits per heavy atom. The third-order valence-corrected chi connectivity index (χ3v) is 4.28. The summed E-state index contributed by atoms with van der Waals surface area (Å²) >= 11 is 3.42. The van der Waals surface area contributed by atoms with Crippen molar-refractivity contribution in [2.45, 2.75) is 6.42 Å². The van der Waals surface area contributed by atoms with Gasteiger partial charge in [-0.25, -0.2) is 4.98 Å². The van der Waals surface area contributed by atoms with Gasteiger partial charge in [0.1, 0.15) is 5.69 Å². The molecule has 1 amide bonds. The summed E-state index contributed by atoms with van der Waals surface area (Å²) in [6.45, 7) is 2.27. The maximum Gasteiger partial charge on any atom is 0.273 e. The highest BCUT2D eigenvalue weighted by molar-refractivity contribution is 7.99. The minimum Gasteiger partial charge on any atom is -0.336 e. The molecule has 0 spiro atoms. The highest BCUT2D eigenvalue weighted by atomic mass is 32.2. The first kappa shape index (κ1) is 11.9. The number of thiazole rings is 1. The van der Waals surface area contributed by atoms with Crippen LogP contribution >= 0.6 is 23.1 Å². The van der Waals surface area contributed by atoms with Crippen molar-refractivity contribution < 1.29 is 4.79 Å². The molecule has 16 heavy (non-hydrogen) atoms. The largest absolute Gasteiger partial charge is 0.336 e. The zero-order valence-electron chi connectivity index (χ0n) is 9.02. The molecule has 0 saturated carbocycles. The minimum absolute atomic E-state index is 0.0693. The molecule has 2 heterocycles. The number of amides is 1. The fraction of sp³-hybridized carbons (Fsp3) is 0.600. The van der Waals surface area contributed by atoms with E-state index in [0.29, 0.717) is 12.2 Å². The van der Waals surface area contributed by atoms with Gasteiger partial charge in [0, 0.05) is 36.4 Å². The van der Waals surface area contributed by atoms with Crippen LogP contribution in [0.2, 0.25) is 0 Å². The van der Waals surface area contributed by atoms with Gasteiger partial charge in [-0.2, -0.15) is 11.8 Å². The van der Waals surface area contributed by atoms with Crippen molar-refractivity contribution in [2.24, 2.45) is 5.73 Å². The Hall–Kier alpha value is -0.590. The van der Waals surface area contributed by atoms with Gasteiger partial charge in [0.15, 0.2) is 0 Å². The van der Waals surface area contributed by atoms with Crippen LogP contribution in [-0.2, 0) is 6.42 Å². The van der Waals surface area contributed by atoms with Crippen LogP contribution in [0.4, 0.5) is 0 Å². The summed E-state index contributed by atoms with van der Waals surface area (Å²) in [6, 6.07) is 0. The smallest absolute Gasteiger partial charge is 0.273 e. The summed E-state index contributed by atoms with van der Waals surface area (Å²) in [6.07, 6.45) is 0.758. The van der Waals surface area contributed by atoms with E-state index in [4.69, 9.17) is 5.73 Å². The van der Waals surface area contributed by atoms with Crippen molar-refractivity contribution in [3.05, 3.63) is 16.1 Å². The number of hydrogen-bond acceptors (Lipinski definition) is 5. The lowest BCUT2D eigenvalue weighted by Crippen LogP contribution is -2.38. The van der Waals surface area contributed by atoms with Crippen molar-refractivity contribution in [1.29, 1.82) is 0 Å². The second kappa shape index (κ2) is 5.65. The number of thioether (sulfide) groups is 1. The monoisotopic (exact) mass is 257 g/mol. The van der Waals surface area contributed by atoms with Gasteiger partial charge in [-0.1, -0.05) is 0 Å². The highest BCUT2D eigenvalue weighted by Gasteiger charge is 2.20. The molecule has 0 bridgehead atoms. The Kier molecular flexibility index (Phi) is 4.20. The molecule has 1 aliphatic rings. The Morgan fingerprint density at radius 1 is 1.50 bits per heavy atom. The van der Waals surface area contributed by atoms with E-state index in [1.54, 1.807) is 0 Å². The first-order valence-corrected chi connectivity index (χ1v) is 7.36. The van der Waals surface area contributed by atoms with E-state index in [9.17, 15) is 4.79 Å².